The second kappa shape index (κ2) is 5.33. The minimum atomic E-state index is 0. The van der Waals surface area contributed by atoms with Crippen molar-refractivity contribution in [3.05, 3.63) is 23.5 Å². The molecule has 0 saturated carbocycles. The zero-order valence-corrected chi connectivity index (χ0v) is 12.1. The highest BCUT2D eigenvalue weighted by molar-refractivity contribution is 5.93. The van der Waals surface area contributed by atoms with E-state index in [9.17, 15) is 4.79 Å². The fourth-order valence-electron chi connectivity index (χ4n) is 2.35. The molecule has 5 heteroatoms. The van der Waals surface area contributed by atoms with E-state index in [1.807, 2.05) is 35.6 Å². The summed E-state index contributed by atoms with van der Waals surface area (Å²) in [7, 11) is 1.93. The van der Waals surface area contributed by atoms with Crippen LogP contribution in [0.1, 0.15) is 29.5 Å². The van der Waals surface area contributed by atoms with Crippen LogP contribution in [-0.2, 0) is 7.05 Å². The lowest BCUT2D eigenvalue weighted by atomic mass is 9.90. The number of hydrogen-bond donors (Lipinski definition) is 1. The maximum Gasteiger partial charge on any atom is 0.270 e. The normalized spacial score (nSPS) is 23.0. The molecule has 1 aromatic heterocycles. The molecule has 1 aliphatic rings. The van der Waals surface area contributed by atoms with Crippen molar-refractivity contribution in [2.45, 2.75) is 20.3 Å². The first-order chi connectivity index (χ1) is 7.97. The Labute approximate surface area is 115 Å². The smallest absolute Gasteiger partial charge is 0.270 e. The van der Waals surface area contributed by atoms with E-state index >= 15 is 0 Å². The van der Waals surface area contributed by atoms with Crippen molar-refractivity contribution in [3.63, 3.8) is 0 Å². The summed E-state index contributed by atoms with van der Waals surface area (Å²) in [6.45, 7) is 6.38. The lowest BCUT2D eigenvalue weighted by molar-refractivity contribution is 0.0767. The van der Waals surface area contributed by atoms with E-state index < -0.39 is 0 Å². The number of likely N-dealkylation sites (tertiary alicyclic amines) is 1. The molecule has 0 bridgehead atoms. The highest BCUT2D eigenvalue weighted by Gasteiger charge is 2.35. The molecule has 1 saturated heterocycles. The third kappa shape index (κ3) is 2.54. The number of aromatic nitrogens is 1. The molecule has 1 amide bonds. The molecule has 0 aliphatic carbocycles. The maximum atomic E-state index is 12.3. The Morgan fingerprint density at radius 3 is 2.61 bits per heavy atom. The van der Waals surface area contributed by atoms with Gasteiger partial charge in [-0.1, -0.05) is 6.92 Å². The Balaban J connectivity index is 0.00000162. The fraction of sp³-hybridized carbons (Fsp3) is 0.615. The van der Waals surface area contributed by atoms with Gasteiger partial charge in [0, 0.05) is 25.8 Å². The van der Waals surface area contributed by atoms with Crippen molar-refractivity contribution in [1.82, 2.24) is 9.47 Å². The van der Waals surface area contributed by atoms with Crippen LogP contribution in [0.25, 0.3) is 0 Å². The fourth-order valence-corrected chi connectivity index (χ4v) is 2.35. The van der Waals surface area contributed by atoms with Gasteiger partial charge < -0.3 is 15.2 Å². The monoisotopic (exact) mass is 271 g/mol. The predicted octanol–water partition coefficient (Wildman–Crippen LogP) is 1.57. The number of aryl methyl sites for hydroxylation is 1. The molecule has 1 atom stereocenters. The van der Waals surface area contributed by atoms with Crippen molar-refractivity contribution in [2.75, 3.05) is 19.6 Å². The number of carbonyl (C=O) groups is 1. The summed E-state index contributed by atoms with van der Waals surface area (Å²) in [5.74, 6) is 0.123. The molecule has 1 fully saturated rings. The molecule has 1 unspecified atom stereocenters. The van der Waals surface area contributed by atoms with E-state index in [1.165, 1.54) is 0 Å². The molecule has 1 aliphatic heterocycles. The first kappa shape index (κ1) is 15.1. The van der Waals surface area contributed by atoms with Gasteiger partial charge in [-0.2, -0.15) is 0 Å². The van der Waals surface area contributed by atoms with Crippen molar-refractivity contribution in [3.8, 4) is 0 Å². The van der Waals surface area contributed by atoms with Crippen molar-refractivity contribution in [2.24, 2.45) is 18.2 Å². The Hall–Kier alpha value is -1.00. The predicted molar refractivity (Wildman–Crippen MR) is 75.1 cm³/mol. The first-order valence-electron chi connectivity index (χ1n) is 6.08. The summed E-state index contributed by atoms with van der Waals surface area (Å²) in [5.41, 5.74) is 7.73. The summed E-state index contributed by atoms with van der Waals surface area (Å²) in [6.07, 6.45) is 0.999. The minimum absolute atomic E-state index is 0. The Morgan fingerprint density at radius 2 is 2.17 bits per heavy atom. The molecular weight excluding hydrogens is 250 g/mol. The van der Waals surface area contributed by atoms with Crippen LogP contribution < -0.4 is 5.73 Å². The summed E-state index contributed by atoms with van der Waals surface area (Å²) < 4.78 is 1.94. The maximum absolute atomic E-state index is 12.3. The van der Waals surface area contributed by atoms with Gasteiger partial charge in [-0.05, 0) is 37.4 Å². The van der Waals surface area contributed by atoms with Crippen molar-refractivity contribution in [1.29, 1.82) is 0 Å². The zero-order chi connectivity index (χ0) is 12.6. The van der Waals surface area contributed by atoms with Gasteiger partial charge in [-0.15, -0.1) is 12.4 Å². The molecule has 0 spiro atoms. The zero-order valence-electron chi connectivity index (χ0n) is 11.3. The van der Waals surface area contributed by atoms with Crippen LogP contribution in [0.2, 0.25) is 0 Å². The first-order valence-corrected chi connectivity index (χ1v) is 6.08. The molecule has 102 valence electrons. The van der Waals surface area contributed by atoms with Crippen LogP contribution >= 0.6 is 12.4 Å². The Kier molecular flexibility index (Phi) is 4.46. The molecule has 0 aromatic carbocycles. The molecule has 0 radical (unpaired) electrons. The van der Waals surface area contributed by atoms with Gasteiger partial charge in [-0.3, -0.25) is 4.79 Å². The number of halogens is 1. The van der Waals surface area contributed by atoms with Crippen molar-refractivity contribution < 1.29 is 4.79 Å². The average Bonchev–Trinajstić information content (AvgIpc) is 2.85. The lowest BCUT2D eigenvalue weighted by Crippen LogP contribution is -2.35. The van der Waals surface area contributed by atoms with E-state index in [4.69, 9.17) is 5.73 Å². The summed E-state index contributed by atoms with van der Waals surface area (Å²) >= 11 is 0. The van der Waals surface area contributed by atoms with E-state index in [-0.39, 0.29) is 23.7 Å². The van der Waals surface area contributed by atoms with Gasteiger partial charge >= 0.3 is 0 Å². The van der Waals surface area contributed by atoms with Crippen LogP contribution in [0, 0.1) is 12.3 Å². The Bertz CT molecular complexity index is 443. The molecule has 18 heavy (non-hydrogen) atoms. The molecule has 2 N–H and O–H groups in total. The van der Waals surface area contributed by atoms with E-state index in [0.717, 1.165) is 30.9 Å². The molecule has 2 heterocycles. The lowest BCUT2D eigenvalue weighted by Gasteiger charge is -2.22. The number of nitrogens with two attached hydrogens (primary N) is 1. The van der Waals surface area contributed by atoms with Crippen LogP contribution in [0.5, 0.6) is 0 Å². The SMILES string of the molecule is Cc1ccc(C(=O)N2CCC(C)(CN)C2)n1C.Cl. The standard InChI is InChI=1S/C13H21N3O.ClH/c1-10-4-5-11(15(10)3)12(17)16-7-6-13(2,8-14)9-16;/h4-5H,6-9,14H2,1-3H3;1H. The van der Waals surface area contributed by atoms with E-state index in [1.54, 1.807) is 0 Å². The highest BCUT2D eigenvalue weighted by Crippen LogP contribution is 2.29. The third-order valence-corrected chi connectivity index (χ3v) is 3.93. The number of nitrogens with zero attached hydrogens (tertiary/aromatic N) is 2. The second-order valence-electron chi connectivity index (χ2n) is 5.41. The topological polar surface area (TPSA) is 51.3 Å². The minimum Gasteiger partial charge on any atom is -0.344 e. The van der Waals surface area contributed by atoms with Gasteiger partial charge in [0.05, 0.1) is 0 Å². The van der Waals surface area contributed by atoms with E-state index in [2.05, 4.69) is 6.92 Å². The van der Waals surface area contributed by atoms with Crippen LogP contribution in [-0.4, -0.2) is 35.0 Å². The number of amides is 1. The quantitative estimate of drug-likeness (QED) is 0.888. The summed E-state index contributed by atoms with van der Waals surface area (Å²) in [6, 6.07) is 3.88. The van der Waals surface area contributed by atoms with Gasteiger partial charge in [0.1, 0.15) is 5.69 Å². The number of hydrogen-bond acceptors (Lipinski definition) is 2. The van der Waals surface area contributed by atoms with Gasteiger partial charge in [-0.25, -0.2) is 0 Å². The van der Waals surface area contributed by atoms with Crippen molar-refractivity contribution >= 4 is 18.3 Å². The second-order valence-corrected chi connectivity index (χ2v) is 5.41. The molecule has 1 aromatic rings. The van der Waals surface area contributed by atoms with Gasteiger partial charge in [0.2, 0.25) is 0 Å². The summed E-state index contributed by atoms with van der Waals surface area (Å²) in [5, 5.41) is 0. The van der Waals surface area contributed by atoms with Crippen LogP contribution in [0.3, 0.4) is 0 Å². The van der Waals surface area contributed by atoms with Gasteiger partial charge in [0.15, 0.2) is 0 Å². The largest absolute Gasteiger partial charge is 0.344 e. The molecular formula is C13H22ClN3O. The summed E-state index contributed by atoms with van der Waals surface area (Å²) in [4.78, 5) is 14.3. The van der Waals surface area contributed by atoms with Gasteiger partial charge in [0.25, 0.3) is 5.91 Å². The number of carbonyl (C=O) groups excluding carboxylic acids is 1. The number of rotatable bonds is 2. The van der Waals surface area contributed by atoms with E-state index in [0.29, 0.717) is 6.54 Å². The van der Waals surface area contributed by atoms with Crippen LogP contribution in [0.4, 0.5) is 0 Å². The van der Waals surface area contributed by atoms with Crippen LogP contribution in [0.15, 0.2) is 12.1 Å². The molecule has 2 rings (SSSR count). The Morgan fingerprint density at radius 1 is 1.50 bits per heavy atom. The highest BCUT2D eigenvalue weighted by atomic mass is 35.5. The average molecular weight is 272 g/mol. The third-order valence-electron chi connectivity index (χ3n) is 3.93. The molecule has 4 nitrogen and oxygen atoms in total.